The Labute approximate surface area is 66.2 Å². The van der Waals surface area contributed by atoms with Crippen LogP contribution in [0, 0.1) is 5.82 Å². The van der Waals surface area contributed by atoms with Crippen molar-refractivity contribution < 1.29 is 4.39 Å². The molecule has 0 fully saturated rings. The lowest BCUT2D eigenvalue weighted by Gasteiger charge is -1.87. The Hall–Kier alpha value is -1.16. The van der Waals surface area contributed by atoms with Crippen molar-refractivity contribution in [3.05, 3.63) is 23.5 Å². The van der Waals surface area contributed by atoms with Gasteiger partial charge in [0.2, 0.25) is 5.28 Å². The van der Waals surface area contributed by atoms with Gasteiger partial charge < -0.3 is 4.98 Å². The van der Waals surface area contributed by atoms with Crippen LogP contribution in [0.25, 0.3) is 11.0 Å². The molecule has 0 aromatic carbocycles. The second kappa shape index (κ2) is 2.17. The fourth-order valence-electron chi connectivity index (χ4n) is 0.855. The summed E-state index contributed by atoms with van der Waals surface area (Å²) < 4.78 is 12.7. The molecule has 0 radical (unpaired) electrons. The summed E-state index contributed by atoms with van der Waals surface area (Å²) in [4.78, 5) is 10.0. The van der Waals surface area contributed by atoms with Crippen LogP contribution in [0.2, 0.25) is 5.28 Å². The van der Waals surface area contributed by atoms with Gasteiger partial charge in [-0.05, 0) is 11.6 Å². The van der Waals surface area contributed by atoms with Crippen molar-refractivity contribution in [1.29, 1.82) is 0 Å². The number of halogens is 2. The summed E-state index contributed by atoms with van der Waals surface area (Å²) in [5, 5.41) is 0.466. The molecule has 2 aromatic heterocycles. The number of nitrogens with zero attached hydrogens (tertiary/aromatic N) is 2. The number of rotatable bonds is 0. The van der Waals surface area contributed by atoms with Gasteiger partial charge in [-0.1, -0.05) is 0 Å². The Bertz CT molecular complexity index is 398. The molecule has 2 heterocycles. The molecule has 0 atom stereocenters. The van der Waals surface area contributed by atoms with Crippen molar-refractivity contribution in [2.24, 2.45) is 0 Å². The van der Waals surface area contributed by atoms with E-state index >= 15 is 0 Å². The van der Waals surface area contributed by atoms with E-state index in [9.17, 15) is 4.39 Å². The molecule has 56 valence electrons. The van der Waals surface area contributed by atoms with E-state index in [1.54, 1.807) is 0 Å². The minimum Gasteiger partial charge on any atom is -0.343 e. The molecule has 0 aliphatic carbocycles. The zero-order valence-electron chi connectivity index (χ0n) is 5.31. The maximum Gasteiger partial charge on any atom is 0.224 e. The number of aromatic nitrogens is 3. The summed E-state index contributed by atoms with van der Waals surface area (Å²) in [7, 11) is 0. The first-order valence-electron chi connectivity index (χ1n) is 2.92. The second-order valence-electron chi connectivity index (χ2n) is 2.04. The number of hydrogen-bond donors (Lipinski definition) is 1. The molecule has 0 aliphatic heterocycles. The monoisotopic (exact) mass is 171 g/mol. The smallest absolute Gasteiger partial charge is 0.224 e. The number of nitrogens with one attached hydrogen (secondary N) is 1. The molecule has 0 aliphatic rings. The molecule has 0 unspecified atom stereocenters. The molecule has 0 amide bonds. The Balaban J connectivity index is 2.86. The summed E-state index contributed by atoms with van der Waals surface area (Å²) >= 11 is 5.46. The molecular formula is C6H3ClFN3. The SMILES string of the molecule is Fc1c[nH]c2nc(Cl)ncc12. The van der Waals surface area contributed by atoms with Crippen LogP contribution in [0.4, 0.5) is 4.39 Å². The van der Waals surface area contributed by atoms with Crippen LogP contribution < -0.4 is 0 Å². The van der Waals surface area contributed by atoms with Gasteiger partial charge in [-0.15, -0.1) is 0 Å². The molecule has 1 N–H and O–H groups in total. The van der Waals surface area contributed by atoms with Crippen LogP contribution in [0.3, 0.4) is 0 Å². The largest absolute Gasteiger partial charge is 0.343 e. The van der Waals surface area contributed by atoms with E-state index in [2.05, 4.69) is 15.0 Å². The Morgan fingerprint density at radius 1 is 1.55 bits per heavy atom. The third kappa shape index (κ3) is 0.952. The number of H-pyrrole nitrogens is 1. The topological polar surface area (TPSA) is 41.6 Å². The fourth-order valence-corrected chi connectivity index (χ4v) is 0.988. The van der Waals surface area contributed by atoms with Gasteiger partial charge in [0.15, 0.2) is 5.82 Å². The van der Waals surface area contributed by atoms with Crippen LogP contribution in [0.15, 0.2) is 12.4 Å². The van der Waals surface area contributed by atoms with Crippen molar-refractivity contribution in [2.45, 2.75) is 0 Å². The van der Waals surface area contributed by atoms with Crippen LogP contribution >= 0.6 is 11.6 Å². The van der Waals surface area contributed by atoms with Crippen LogP contribution in [-0.2, 0) is 0 Å². The van der Waals surface area contributed by atoms with E-state index in [4.69, 9.17) is 11.6 Å². The average Bonchev–Trinajstić information content (AvgIpc) is 2.32. The van der Waals surface area contributed by atoms with Crippen LogP contribution in [-0.4, -0.2) is 15.0 Å². The van der Waals surface area contributed by atoms with Crippen molar-refractivity contribution >= 4 is 22.6 Å². The molecular weight excluding hydrogens is 169 g/mol. The minimum absolute atomic E-state index is 0.111. The normalized spacial score (nSPS) is 10.7. The van der Waals surface area contributed by atoms with E-state index in [-0.39, 0.29) is 11.1 Å². The van der Waals surface area contributed by atoms with E-state index in [1.165, 1.54) is 12.4 Å². The van der Waals surface area contributed by atoms with Gasteiger partial charge in [-0.3, -0.25) is 0 Å². The quantitative estimate of drug-likeness (QED) is 0.614. The highest BCUT2D eigenvalue weighted by atomic mass is 35.5. The van der Waals surface area contributed by atoms with E-state index in [0.717, 1.165) is 0 Å². The van der Waals surface area contributed by atoms with Gasteiger partial charge in [0.05, 0.1) is 5.39 Å². The lowest BCUT2D eigenvalue weighted by molar-refractivity contribution is 0.639. The summed E-state index contributed by atoms with van der Waals surface area (Å²) in [6, 6.07) is 0. The maximum absolute atomic E-state index is 12.7. The summed E-state index contributed by atoms with van der Waals surface area (Å²) in [5.41, 5.74) is 0.419. The Morgan fingerprint density at radius 3 is 3.18 bits per heavy atom. The van der Waals surface area contributed by atoms with Gasteiger partial charge in [-0.2, -0.15) is 4.98 Å². The lowest BCUT2D eigenvalue weighted by atomic mass is 10.4. The molecule has 2 rings (SSSR count). The predicted molar refractivity (Wildman–Crippen MR) is 38.9 cm³/mol. The van der Waals surface area contributed by atoms with E-state index in [1.807, 2.05) is 0 Å². The summed E-state index contributed by atoms with van der Waals surface area (Å²) in [5.74, 6) is -0.364. The van der Waals surface area contributed by atoms with E-state index in [0.29, 0.717) is 11.0 Å². The first-order chi connectivity index (χ1) is 5.27. The molecule has 2 aromatic rings. The number of fused-ring (bicyclic) bond motifs is 1. The first kappa shape index (κ1) is 6.54. The molecule has 0 saturated carbocycles. The Kier molecular flexibility index (Phi) is 1.29. The molecule has 0 saturated heterocycles. The molecule has 11 heavy (non-hydrogen) atoms. The van der Waals surface area contributed by atoms with Crippen LogP contribution in [0.1, 0.15) is 0 Å². The van der Waals surface area contributed by atoms with Crippen molar-refractivity contribution in [3.63, 3.8) is 0 Å². The van der Waals surface area contributed by atoms with Crippen LogP contribution in [0.5, 0.6) is 0 Å². The minimum atomic E-state index is -0.364. The molecule has 3 nitrogen and oxygen atoms in total. The van der Waals surface area contributed by atoms with E-state index < -0.39 is 0 Å². The van der Waals surface area contributed by atoms with Crippen molar-refractivity contribution in [1.82, 2.24) is 15.0 Å². The first-order valence-corrected chi connectivity index (χ1v) is 3.30. The maximum atomic E-state index is 12.7. The molecule has 5 heteroatoms. The fraction of sp³-hybridized carbons (Fsp3) is 0. The van der Waals surface area contributed by atoms with Gasteiger partial charge in [0.1, 0.15) is 5.65 Å². The molecule has 0 bridgehead atoms. The van der Waals surface area contributed by atoms with Gasteiger partial charge in [0.25, 0.3) is 0 Å². The van der Waals surface area contributed by atoms with Crippen molar-refractivity contribution in [2.75, 3.05) is 0 Å². The van der Waals surface area contributed by atoms with Gasteiger partial charge in [0, 0.05) is 12.4 Å². The highest BCUT2D eigenvalue weighted by molar-refractivity contribution is 6.28. The number of hydrogen-bond acceptors (Lipinski definition) is 2. The molecule has 0 spiro atoms. The highest BCUT2D eigenvalue weighted by Gasteiger charge is 2.03. The average molecular weight is 172 g/mol. The predicted octanol–water partition coefficient (Wildman–Crippen LogP) is 1.75. The number of aromatic amines is 1. The second-order valence-corrected chi connectivity index (χ2v) is 2.38. The van der Waals surface area contributed by atoms with Gasteiger partial charge in [-0.25, -0.2) is 9.37 Å². The third-order valence-electron chi connectivity index (χ3n) is 1.35. The highest BCUT2D eigenvalue weighted by Crippen LogP contribution is 2.14. The standard InChI is InChI=1S/C6H3ClFN3/c7-6-10-1-3-4(8)2-9-5(3)11-6/h1-2H,(H,9,10,11). The Morgan fingerprint density at radius 2 is 2.36 bits per heavy atom. The lowest BCUT2D eigenvalue weighted by Crippen LogP contribution is -1.81. The zero-order chi connectivity index (χ0) is 7.84. The summed E-state index contributed by atoms with van der Waals surface area (Å²) in [6.07, 6.45) is 2.56. The third-order valence-corrected chi connectivity index (χ3v) is 1.53. The summed E-state index contributed by atoms with van der Waals surface area (Å²) in [6.45, 7) is 0. The zero-order valence-corrected chi connectivity index (χ0v) is 6.06. The van der Waals surface area contributed by atoms with Gasteiger partial charge >= 0.3 is 0 Å². The van der Waals surface area contributed by atoms with Crippen molar-refractivity contribution in [3.8, 4) is 0 Å².